The van der Waals surface area contributed by atoms with Crippen LogP contribution in [0, 0.1) is 0 Å². The van der Waals surface area contributed by atoms with Gasteiger partial charge in [-0.15, -0.1) is 0 Å². The average molecular weight is 283 g/mol. The van der Waals surface area contributed by atoms with E-state index < -0.39 is 0 Å². The lowest BCUT2D eigenvalue weighted by Gasteiger charge is -2.35. The minimum absolute atomic E-state index is 0.471. The molecule has 0 aromatic heterocycles. The SMILES string of the molecule is CCC[C@H](c1ccc(Cl)c(OC)c1)N1CCNCC1. The first-order valence-corrected chi connectivity index (χ1v) is 7.42. The molecule has 1 aromatic rings. The molecular weight excluding hydrogens is 260 g/mol. The Labute approximate surface area is 120 Å². The molecular formula is C15H23ClN2O. The van der Waals surface area contributed by atoms with Crippen LogP contribution in [0.4, 0.5) is 0 Å². The third kappa shape index (κ3) is 3.62. The summed E-state index contributed by atoms with van der Waals surface area (Å²) in [6, 6.07) is 6.64. The van der Waals surface area contributed by atoms with Crippen LogP contribution in [0.2, 0.25) is 5.02 Å². The van der Waals surface area contributed by atoms with Crippen molar-refractivity contribution in [3.05, 3.63) is 28.8 Å². The second-order valence-corrected chi connectivity index (χ2v) is 5.39. The first-order valence-electron chi connectivity index (χ1n) is 7.04. The summed E-state index contributed by atoms with van der Waals surface area (Å²) in [6.07, 6.45) is 2.35. The molecule has 1 heterocycles. The zero-order valence-electron chi connectivity index (χ0n) is 11.8. The lowest BCUT2D eigenvalue weighted by Crippen LogP contribution is -2.45. The van der Waals surface area contributed by atoms with E-state index in [1.807, 2.05) is 6.07 Å². The maximum absolute atomic E-state index is 6.12. The smallest absolute Gasteiger partial charge is 0.137 e. The van der Waals surface area contributed by atoms with Gasteiger partial charge in [0.25, 0.3) is 0 Å². The molecule has 1 saturated heterocycles. The number of piperazine rings is 1. The fourth-order valence-electron chi connectivity index (χ4n) is 2.71. The normalized spacial score (nSPS) is 18.3. The topological polar surface area (TPSA) is 24.5 Å². The van der Waals surface area contributed by atoms with E-state index in [4.69, 9.17) is 16.3 Å². The van der Waals surface area contributed by atoms with Crippen LogP contribution >= 0.6 is 11.6 Å². The Bertz CT molecular complexity index is 405. The molecule has 2 rings (SSSR count). The largest absolute Gasteiger partial charge is 0.495 e. The number of halogens is 1. The van der Waals surface area contributed by atoms with Crippen molar-refractivity contribution in [3.8, 4) is 5.75 Å². The highest BCUT2D eigenvalue weighted by Crippen LogP contribution is 2.32. The number of hydrogen-bond donors (Lipinski definition) is 1. The molecule has 0 unspecified atom stereocenters. The molecule has 0 aliphatic carbocycles. The lowest BCUT2D eigenvalue weighted by atomic mass is 9.99. The molecule has 106 valence electrons. The summed E-state index contributed by atoms with van der Waals surface area (Å²) >= 11 is 6.12. The zero-order valence-corrected chi connectivity index (χ0v) is 12.5. The molecule has 1 aromatic carbocycles. The third-order valence-electron chi connectivity index (χ3n) is 3.71. The number of methoxy groups -OCH3 is 1. The second-order valence-electron chi connectivity index (χ2n) is 4.98. The Balaban J connectivity index is 2.22. The highest BCUT2D eigenvalue weighted by molar-refractivity contribution is 6.32. The fourth-order valence-corrected chi connectivity index (χ4v) is 2.91. The van der Waals surface area contributed by atoms with Gasteiger partial charge in [0.05, 0.1) is 12.1 Å². The summed E-state index contributed by atoms with van der Waals surface area (Å²) < 4.78 is 5.34. The molecule has 0 saturated carbocycles. The fraction of sp³-hybridized carbons (Fsp3) is 0.600. The third-order valence-corrected chi connectivity index (χ3v) is 4.03. The Morgan fingerprint density at radius 1 is 1.37 bits per heavy atom. The van der Waals surface area contributed by atoms with Gasteiger partial charge in [0.1, 0.15) is 5.75 Å². The Morgan fingerprint density at radius 3 is 2.74 bits per heavy atom. The zero-order chi connectivity index (χ0) is 13.7. The molecule has 3 nitrogen and oxygen atoms in total. The number of nitrogens with one attached hydrogen (secondary N) is 1. The molecule has 1 aliphatic heterocycles. The van der Waals surface area contributed by atoms with Crippen molar-refractivity contribution < 1.29 is 4.74 Å². The molecule has 1 fully saturated rings. The molecule has 1 N–H and O–H groups in total. The quantitative estimate of drug-likeness (QED) is 0.898. The second kappa shape index (κ2) is 7.13. The maximum atomic E-state index is 6.12. The van der Waals surface area contributed by atoms with E-state index in [2.05, 4.69) is 29.3 Å². The van der Waals surface area contributed by atoms with E-state index in [1.54, 1.807) is 7.11 Å². The van der Waals surface area contributed by atoms with Crippen molar-refractivity contribution in [2.75, 3.05) is 33.3 Å². The van der Waals surface area contributed by atoms with Crippen LogP contribution in [0.25, 0.3) is 0 Å². The van der Waals surface area contributed by atoms with Crippen LogP contribution in [0.15, 0.2) is 18.2 Å². The Hall–Kier alpha value is -0.770. The minimum atomic E-state index is 0.471. The molecule has 0 radical (unpaired) electrons. The highest BCUT2D eigenvalue weighted by atomic mass is 35.5. The van der Waals surface area contributed by atoms with Crippen LogP contribution < -0.4 is 10.1 Å². The number of benzene rings is 1. The van der Waals surface area contributed by atoms with E-state index in [-0.39, 0.29) is 0 Å². The van der Waals surface area contributed by atoms with Gasteiger partial charge in [-0.1, -0.05) is 31.0 Å². The van der Waals surface area contributed by atoms with Crippen LogP contribution in [-0.4, -0.2) is 38.2 Å². The van der Waals surface area contributed by atoms with Crippen molar-refractivity contribution >= 4 is 11.6 Å². The van der Waals surface area contributed by atoms with Gasteiger partial charge in [-0.05, 0) is 24.1 Å². The molecule has 0 amide bonds. The van der Waals surface area contributed by atoms with Gasteiger partial charge in [-0.3, -0.25) is 4.90 Å². The lowest BCUT2D eigenvalue weighted by molar-refractivity contribution is 0.164. The monoisotopic (exact) mass is 282 g/mol. The van der Waals surface area contributed by atoms with Crippen molar-refractivity contribution in [1.82, 2.24) is 10.2 Å². The Kier molecular flexibility index (Phi) is 5.49. The summed E-state index contributed by atoms with van der Waals surface area (Å²) in [6.45, 7) is 6.60. The van der Waals surface area contributed by atoms with Crippen molar-refractivity contribution in [2.45, 2.75) is 25.8 Å². The van der Waals surface area contributed by atoms with Gasteiger partial charge < -0.3 is 10.1 Å². The van der Waals surface area contributed by atoms with E-state index in [1.165, 1.54) is 18.4 Å². The van der Waals surface area contributed by atoms with Crippen LogP contribution in [0.1, 0.15) is 31.4 Å². The van der Waals surface area contributed by atoms with Crippen molar-refractivity contribution in [1.29, 1.82) is 0 Å². The first kappa shape index (κ1) is 14.6. The van der Waals surface area contributed by atoms with Crippen LogP contribution in [-0.2, 0) is 0 Å². The average Bonchev–Trinajstić information content (AvgIpc) is 2.46. The van der Waals surface area contributed by atoms with Crippen molar-refractivity contribution in [2.24, 2.45) is 0 Å². The van der Waals surface area contributed by atoms with Gasteiger partial charge in [0.15, 0.2) is 0 Å². The maximum Gasteiger partial charge on any atom is 0.137 e. The summed E-state index contributed by atoms with van der Waals surface area (Å²) in [5.74, 6) is 0.774. The molecule has 4 heteroatoms. The van der Waals surface area contributed by atoms with Crippen LogP contribution in [0.3, 0.4) is 0 Å². The molecule has 0 bridgehead atoms. The minimum Gasteiger partial charge on any atom is -0.495 e. The molecule has 1 atom stereocenters. The van der Waals surface area contributed by atoms with E-state index in [9.17, 15) is 0 Å². The van der Waals surface area contributed by atoms with Gasteiger partial charge in [0.2, 0.25) is 0 Å². The van der Waals surface area contributed by atoms with Gasteiger partial charge in [-0.2, -0.15) is 0 Å². The predicted molar refractivity (Wildman–Crippen MR) is 80.1 cm³/mol. The predicted octanol–water partition coefficient (Wildman–Crippen LogP) is 3.10. The number of nitrogens with zero attached hydrogens (tertiary/aromatic N) is 1. The number of rotatable bonds is 5. The molecule has 1 aliphatic rings. The number of hydrogen-bond acceptors (Lipinski definition) is 3. The molecule has 19 heavy (non-hydrogen) atoms. The highest BCUT2D eigenvalue weighted by Gasteiger charge is 2.22. The summed E-state index contributed by atoms with van der Waals surface area (Å²) in [7, 11) is 1.67. The number of ether oxygens (including phenoxy) is 1. The standard InChI is InChI=1S/C15H23ClN2O/c1-3-4-14(18-9-7-17-8-10-18)12-5-6-13(16)15(11-12)19-2/h5-6,11,14,17H,3-4,7-10H2,1-2H3/t14-/m1/s1. The van der Waals surface area contributed by atoms with E-state index in [0.717, 1.165) is 31.9 Å². The van der Waals surface area contributed by atoms with Crippen LogP contribution in [0.5, 0.6) is 5.75 Å². The van der Waals surface area contributed by atoms with Gasteiger partial charge >= 0.3 is 0 Å². The van der Waals surface area contributed by atoms with E-state index in [0.29, 0.717) is 11.1 Å². The molecule has 0 spiro atoms. The van der Waals surface area contributed by atoms with Gasteiger partial charge in [0, 0.05) is 32.2 Å². The van der Waals surface area contributed by atoms with Gasteiger partial charge in [-0.25, -0.2) is 0 Å². The first-order chi connectivity index (χ1) is 9.26. The Morgan fingerprint density at radius 2 is 2.11 bits per heavy atom. The summed E-state index contributed by atoms with van der Waals surface area (Å²) in [4.78, 5) is 2.56. The van der Waals surface area contributed by atoms with E-state index >= 15 is 0 Å². The summed E-state index contributed by atoms with van der Waals surface area (Å²) in [5, 5.41) is 4.09. The summed E-state index contributed by atoms with van der Waals surface area (Å²) in [5.41, 5.74) is 1.31. The van der Waals surface area contributed by atoms with Crippen molar-refractivity contribution in [3.63, 3.8) is 0 Å².